The molecule has 61 valence electrons. The molecule has 0 aromatic heterocycles. The highest BCUT2D eigenvalue weighted by Gasteiger charge is 2.41. The molecule has 1 atom stereocenters. The van der Waals surface area contributed by atoms with Gasteiger partial charge in [-0.3, -0.25) is 0 Å². The lowest BCUT2D eigenvalue weighted by Crippen LogP contribution is -2.27. The summed E-state index contributed by atoms with van der Waals surface area (Å²) in [6, 6.07) is 0. The Morgan fingerprint density at radius 2 is 1.70 bits per heavy atom. The number of ether oxygens (including phenoxy) is 1. The van der Waals surface area contributed by atoms with Crippen LogP contribution in [-0.2, 0) is 4.74 Å². The Balaban J connectivity index is 3.73. The second-order valence-corrected chi connectivity index (χ2v) is 1.88. The predicted molar refractivity (Wildman–Crippen MR) is 26.6 cm³/mol. The number of hydrogen-bond acceptors (Lipinski definition) is 1. The van der Waals surface area contributed by atoms with Gasteiger partial charge >= 0.3 is 6.18 Å². The van der Waals surface area contributed by atoms with Crippen LogP contribution in [0.2, 0.25) is 0 Å². The first kappa shape index (κ1) is 9.68. The van der Waals surface area contributed by atoms with E-state index in [9.17, 15) is 17.6 Å². The fraction of sp³-hybridized carbons (Fsp3) is 0.800. The first-order valence-electron chi connectivity index (χ1n) is 2.51. The van der Waals surface area contributed by atoms with E-state index >= 15 is 0 Å². The van der Waals surface area contributed by atoms with Gasteiger partial charge in [-0.05, 0) is 13.8 Å². The van der Waals surface area contributed by atoms with Crippen LogP contribution in [0.5, 0.6) is 0 Å². The van der Waals surface area contributed by atoms with Crippen molar-refractivity contribution in [3.8, 4) is 0 Å². The summed E-state index contributed by atoms with van der Waals surface area (Å²) in [7, 11) is 0. The lowest BCUT2D eigenvalue weighted by atomic mass is 10.5. The minimum Gasteiger partial charge on any atom is -0.332 e. The van der Waals surface area contributed by atoms with Crippen LogP contribution in [0, 0.1) is 6.10 Å². The van der Waals surface area contributed by atoms with E-state index in [1.54, 1.807) is 0 Å². The van der Waals surface area contributed by atoms with Gasteiger partial charge in [-0.2, -0.15) is 13.2 Å². The van der Waals surface area contributed by atoms with Crippen molar-refractivity contribution in [3.63, 3.8) is 0 Å². The lowest BCUT2D eigenvalue weighted by molar-refractivity contribution is -0.260. The fourth-order valence-electron chi connectivity index (χ4n) is 0.274. The molecule has 1 unspecified atom stereocenters. The highest BCUT2D eigenvalue weighted by atomic mass is 19.4. The Labute approximate surface area is 56.0 Å². The summed E-state index contributed by atoms with van der Waals surface area (Å²) in [4.78, 5) is 0. The third-order valence-electron chi connectivity index (χ3n) is 0.597. The van der Waals surface area contributed by atoms with Crippen LogP contribution in [-0.4, -0.2) is 12.5 Å². The average Bonchev–Trinajstić information content (AvgIpc) is 1.60. The van der Waals surface area contributed by atoms with Crippen molar-refractivity contribution in [1.82, 2.24) is 0 Å². The summed E-state index contributed by atoms with van der Waals surface area (Å²) in [5, 5.41) is 0. The Bertz CT molecular complexity index is 98.3. The molecule has 0 aromatic rings. The van der Waals surface area contributed by atoms with Crippen molar-refractivity contribution in [2.75, 3.05) is 0 Å². The second-order valence-electron chi connectivity index (χ2n) is 1.88. The third kappa shape index (κ3) is 3.66. The van der Waals surface area contributed by atoms with E-state index in [-0.39, 0.29) is 6.10 Å². The number of halogens is 4. The minimum absolute atomic E-state index is 0.0511. The first-order valence-corrected chi connectivity index (χ1v) is 2.51. The SMILES string of the molecule is C[C](C)OC(F)C(F)(F)F. The number of alkyl halides is 4. The van der Waals surface area contributed by atoms with Crippen LogP contribution < -0.4 is 0 Å². The first-order chi connectivity index (χ1) is 4.34. The van der Waals surface area contributed by atoms with Crippen LogP contribution in [0.15, 0.2) is 0 Å². The molecule has 5 heteroatoms. The zero-order chi connectivity index (χ0) is 8.36. The van der Waals surface area contributed by atoms with Gasteiger partial charge in [0, 0.05) is 0 Å². The molecular weight excluding hydrogens is 152 g/mol. The lowest BCUT2D eigenvalue weighted by Gasteiger charge is -2.14. The molecule has 0 aliphatic carbocycles. The van der Waals surface area contributed by atoms with Crippen molar-refractivity contribution in [3.05, 3.63) is 6.10 Å². The van der Waals surface area contributed by atoms with E-state index in [0.29, 0.717) is 0 Å². The van der Waals surface area contributed by atoms with Gasteiger partial charge in [0.25, 0.3) is 6.36 Å². The van der Waals surface area contributed by atoms with Gasteiger partial charge in [0.15, 0.2) is 0 Å². The molecule has 0 bridgehead atoms. The summed E-state index contributed by atoms with van der Waals surface area (Å²) < 4.78 is 49.4. The van der Waals surface area contributed by atoms with Gasteiger partial charge in [0.05, 0.1) is 6.10 Å². The van der Waals surface area contributed by atoms with Crippen molar-refractivity contribution in [2.45, 2.75) is 26.4 Å². The normalized spacial score (nSPS) is 15.9. The highest BCUT2D eigenvalue weighted by molar-refractivity contribution is 4.65. The standard InChI is InChI=1S/C5H7F4O/c1-3(2)10-4(6)5(7,8)9/h4H,1-2H3. The van der Waals surface area contributed by atoms with Gasteiger partial charge < -0.3 is 4.74 Å². The molecule has 0 aromatic carbocycles. The van der Waals surface area contributed by atoms with Gasteiger partial charge in [-0.1, -0.05) is 0 Å². The Kier molecular flexibility index (Phi) is 3.08. The minimum atomic E-state index is -4.92. The maximum atomic E-state index is 11.8. The van der Waals surface area contributed by atoms with Crippen LogP contribution in [0.1, 0.15) is 13.8 Å². The van der Waals surface area contributed by atoms with Crippen molar-refractivity contribution >= 4 is 0 Å². The quantitative estimate of drug-likeness (QED) is 0.562. The summed E-state index contributed by atoms with van der Waals surface area (Å²) in [6.45, 7) is 2.50. The van der Waals surface area contributed by atoms with Gasteiger partial charge in [-0.15, -0.1) is 0 Å². The molecule has 10 heavy (non-hydrogen) atoms. The van der Waals surface area contributed by atoms with E-state index in [2.05, 4.69) is 4.74 Å². The molecule has 0 spiro atoms. The predicted octanol–water partition coefficient (Wildman–Crippen LogP) is 2.43. The average molecular weight is 159 g/mol. The number of hydrogen-bond donors (Lipinski definition) is 0. The zero-order valence-electron chi connectivity index (χ0n) is 5.50. The monoisotopic (exact) mass is 159 g/mol. The largest absolute Gasteiger partial charge is 0.445 e. The molecule has 0 rings (SSSR count). The van der Waals surface area contributed by atoms with Gasteiger partial charge in [-0.25, -0.2) is 4.39 Å². The van der Waals surface area contributed by atoms with E-state index in [0.717, 1.165) is 0 Å². The van der Waals surface area contributed by atoms with Crippen molar-refractivity contribution in [1.29, 1.82) is 0 Å². The summed E-state index contributed by atoms with van der Waals surface area (Å²) >= 11 is 0. The molecule has 0 heterocycles. The Hall–Kier alpha value is -0.320. The maximum absolute atomic E-state index is 11.8. The van der Waals surface area contributed by atoms with Crippen molar-refractivity contribution in [2.24, 2.45) is 0 Å². The topological polar surface area (TPSA) is 9.23 Å². The molecule has 0 saturated carbocycles. The molecule has 0 aliphatic heterocycles. The molecule has 0 aliphatic rings. The maximum Gasteiger partial charge on any atom is 0.445 e. The van der Waals surface area contributed by atoms with Crippen LogP contribution in [0.4, 0.5) is 17.6 Å². The van der Waals surface area contributed by atoms with E-state index < -0.39 is 12.5 Å². The molecule has 0 fully saturated rings. The van der Waals surface area contributed by atoms with Crippen LogP contribution >= 0.6 is 0 Å². The van der Waals surface area contributed by atoms with Crippen LogP contribution in [0.25, 0.3) is 0 Å². The zero-order valence-corrected chi connectivity index (χ0v) is 5.50. The molecular formula is C5H7F4O. The molecule has 0 saturated heterocycles. The molecule has 1 nitrogen and oxygen atoms in total. The Morgan fingerprint density at radius 1 is 1.30 bits per heavy atom. The second kappa shape index (κ2) is 3.18. The fourth-order valence-corrected chi connectivity index (χ4v) is 0.274. The van der Waals surface area contributed by atoms with E-state index in [1.807, 2.05) is 0 Å². The van der Waals surface area contributed by atoms with Gasteiger partial charge in [0.2, 0.25) is 0 Å². The molecule has 0 N–H and O–H groups in total. The summed E-state index contributed by atoms with van der Waals surface area (Å²) in [5.41, 5.74) is 0. The molecule has 0 amide bonds. The summed E-state index contributed by atoms with van der Waals surface area (Å²) in [5.74, 6) is 0. The highest BCUT2D eigenvalue weighted by Crippen LogP contribution is 2.25. The smallest absolute Gasteiger partial charge is 0.332 e. The summed E-state index contributed by atoms with van der Waals surface area (Å²) in [6.07, 6.45) is -8.17. The van der Waals surface area contributed by atoms with Crippen LogP contribution in [0.3, 0.4) is 0 Å². The van der Waals surface area contributed by atoms with E-state index in [4.69, 9.17) is 0 Å². The number of rotatable bonds is 2. The van der Waals surface area contributed by atoms with Crippen molar-refractivity contribution < 1.29 is 22.3 Å². The Morgan fingerprint density at radius 3 is 1.80 bits per heavy atom. The third-order valence-corrected chi connectivity index (χ3v) is 0.597. The van der Waals surface area contributed by atoms with Gasteiger partial charge in [0.1, 0.15) is 0 Å². The molecule has 1 radical (unpaired) electrons. The van der Waals surface area contributed by atoms with E-state index in [1.165, 1.54) is 13.8 Å².